The van der Waals surface area contributed by atoms with E-state index in [0.29, 0.717) is 11.5 Å². The van der Waals surface area contributed by atoms with Gasteiger partial charge in [0.25, 0.3) is 0 Å². The molecule has 0 radical (unpaired) electrons. The van der Waals surface area contributed by atoms with Crippen LogP contribution in [0.25, 0.3) is 0 Å². The number of rotatable bonds is 4. The Morgan fingerprint density at radius 1 is 0.967 bits per heavy atom. The maximum atomic E-state index is 14.0. The zero-order valence-electron chi connectivity index (χ0n) is 17.4. The fourth-order valence-corrected chi connectivity index (χ4v) is 5.12. The SMILES string of the molecule is CCCC=CC1CCc2c(ccc3c2CCC(c2ccc(C(F)(F)F)c(F)c2)C3)C1. The number of halogens is 4. The molecule has 0 aromatic heterocycles. The Labute approximate surface area is 176 Å². The van der Waals surface area contributed by atoms with Crippen LogP contribution in [0.5, 0.6) is 0 Å². The van der Waals surface area contributed by atoms with Crippen LogP contribution in [-0.4, -0.2) is 0 Å². The number of hydrogen-bond donors (Lipinski definition) is 0. The zero-order valence-corrected chi connectivity index (χ0v) is 17.4. The van der Waals surface area contributed by atoms with Gasteiger partial charge in [0.15, 0.2) is 0 Å². The van der Waals surface area contributed by atoms with Crippen molar-refractivity contribution in [1.29, 1.82) is 0 Å². The van der Waals surface area contributed by atoms with Gasteiger partial charge in [0, 0.05) is 0 Å². The summed E-state index contributed by atoms with van der Waals surface area (Å²) in [6.07, 6.45) is 8.26. The summed E-state index contributed by atoms with van der Waals surface area (Å²) >= 11 is 0. The molecule has 0 spiro atoms. The minimum absolute atomic E-state index is 0.0700. The van der Waals surface area contributed by atoms with Crippen LogP contribution in [0.15, 0.2) is 42.5 Å². The minimum atomic E-state index is -4.65. The fraction of sp³-hybridized carbons (Fsp3) is 0.462. The van der Waals surface area contributed by atoms with Gasteiger partial charge in [0.05, 0.1) is 5.56 Å². The van der Waals surface area contributed by atoms with E-state index in [1.807, 2.05) is 0 Å². The Morgan fingerprint density at radius 2 is 1.67 bits per heavy atom. The molecule has 0 fully saturated rings. The molecule has 4 rings (SSSR count). The topological polar surface area (TPSA) is 0 Å². The van der Waals surface area contributed by atoms with Crippen LogP contribution in [0.1, 0.15) is 71.9 Å². The van der Waals surface area contributed by atoms with Crippen molar-refractivity contribution in [3.8, 4) is 0 Å². The van der Waals surface area contributed by atoms with Crippen molar-refractivity contribution in [2.45, 2.75) is 70.4 Å². The smallest absolute Gasteiger partial charge is 0.206 e. The highest BCUT2D eigenvalue weighted by atomic mass is 19.4. The van der Waals surface area contributed by atoms with Crippen molar-refractivity contribution in [3.63, 3.8) is 0 Å². The number of benzene rings is 2. The van der Waals surface area contributed by atoms with Crippen LogP contribution >= 0.6 is 0 Å². The Kier molecular flexibility index (Phi) is 6.04. The van der Waals surface area contributed by atoms with Gasteiger partial charge in [-0.05, 0) is 96.7 Å². The number of hydrogen-bond acceptors (Lipinski definition) is 0. The third-order valence-corrected chi connectivity index (χ3v) is 6.72. The molecule has 2 unspecified atom stereocenters. The van der Waals surface area contributed by atoms with Gasteiger partial charge in [-0.1, -0.05) is 43.7 Å². The first-order chi connectivity index (χ1) is 14.4. The van der Waals surface area contributed by atoms with Crippen LogP contribution in [-0.2, 0) is 31.9 Å². The summed E-state index contributed by atoms with van der Waals surface area (Å²) in [6.45, 7) is 2.19. The summed E-state index contributed by atoms with van der Waals surface area (Å²) in [5, 5.41) is 0. The molecule has 0 nitrogen and oxygen atoms in total. The highest BCUT2D eigenvalue weighted by Gasteiger charge is 2.34. The van der Waals surface area contributed by atoms with E-state index in [9.17, 15) is 17.6 Å². The molecule has 0 bridgehead atoms. The molecule has 2 aromatic carbocycles. The second-order valence-electron chi connectivity index (χ2n) is 8.74. The Morgan fingerprint density at radius 3 is 2.33 bits per heavy atom. The zero-order chi connectivity index (χ0) is 21.3. The van der Waals surface area contributed by atoms with E-state index >= 15 is 0 Å². The van der Waals surface area contributed by atoms with Gasteiger partial charge >= 0.3 is 6.18 Å². The third kappa shape index (κ3) is 4.33. The Hall–Kier alpha value is -2.10. The predicted octanol–water partition coefficient (Wildman–Crippen LogP) is 7.58. The molecule has 2 aliphatic carbocycles. The lowest BCUT2D eigenvalue weighted by Crippen LogP contribution is -2.20. The quantitative estimate of drug-likeness (QED) is 0.356. The fourth-order valence-electron chi connectivity index (χ4n) is 5.12. The molecule has 2 atom stereocenters. The second-order valence-corrected chi connectivity index (χ2v) is 8.74. The summed E-state index contributed by atoms with van der Waals surface area (Å²) in [4.78, 5) is 0. The van der Waals surface area contributed by atoms with Crippen molar-refractivity contribution in [3.05, 3.63) is 81.7 Å². The molecule has 0 aliphatic heterocycles. The van der Waals surface area contributed by atoms with Gasteiger partial charge in [-0.3, -0.25) is 0 Å². The average molecular weight is 417 g/mol. The van der Waals surface area contributed by atoms with Gasteiger partial charge < -0.3 is 0 Å². The lowest BCUT2D eigenvalue weighted by atomic mass is 9.73. The van der Waals surface area contributed by atoms with Crippen LogP contribution in [0, 0.1) is 11.7 Å². The standard InChI is InChI=1S/C26H28F4/c1-2-3-4-5-17-6-11-22-20(14-17)7-8-21-15-18(9-12-23(21)22)19-10-13-24(25(27)16-19)26(28,29)30/h4-5,7-8,10,13,16-18H,2-3,6,9,11-12,14-15H2,1H3. The van der Waals surface area contributed by atoms with Gasteiger partial charge in [-0.15, -0.1) is 0 Å². The van der Waals surface area contributed by atoms with E-state index in [2.05, 4.69) is 31.2 Å². The first-order valence-corrected chi connectivity index (χ1v) is 11.0. The highest BCUT2D eigenvalue weighted by molar-refractivity contribution is 5.46. The summed E-state index contributed by atoms with van der Waals surface area (Å²) < 4.78 is 52.6. The molecule has 0 amide bonds. The molecular formula is C26H28F4. The molecule has 4 heteroatoms. The van der Waals surface area contributed by atoms with E-state index in [0.717, 1.165) is 50.7 Å². The molecular weight excluding hydrogens is 388 g/mol. The van der Waals surface area contributed by atoms with E-state index < -0.39 is 17.6 Å². The summed E-state index contributed by atoms with van der Waals surface area (Å²) in [6, 6.07) is 7.86. The molecule has 30 heavy (non-hydrogen) atoms. The maximum Gasteiger partial charge on any atom is 0.419 e. The van der Waals surface area contributed by atoms with Gasteiger partial charge in [0.1, 0.15) is 5.82 Å². The summed E-state index contributed by atoms with van der Waals surface area (Å²) in [5.41, 5.74) is 5.15. The molecule has 0 saturated heterocycles. The molecule has 2 aromatic rings. The van der Waals surface area contributed by atoms with E-state index in [1.54, 1.807) is 0 Å². The molecule has 0 heterocycles. The van der Waals surface area contributed by atoms with Gasteiger partial charge in [-0.25, -0.2) is 4.39 Å². The van der Waals surface area contributed by atoms with E-state index in [4.69, 9.17) is 0 Å². The van der Waals surface area contributed by atoms with Gasteiger partial charge in [0.2, 0.25) is 0 Å². The van der Waals surface area contributed by atoms with Crippen molar-refractivity contribution in [2.75, 3.05) is 0 Å². The van der Waals surface area contributed by atoms with Crippen molar-refractivity contribution in [1.82, 2.24) is 0 Å². The first kappa shape index (κ1) is 21.1. The Balaban J connectivity index is 1.52. The van der Waals surface area contributed by atoms with E-state index in [-0.39, 0.29) is 5.92 Å². The van der Waals surface area contributed by atoms with Gasteiger partial charge in [-0.2, -0.15) is 13.2 Å². The summed E-state index contributed by atoms with van der Waals surface area (Å²) in [5.74, 6) is -0.479. The molecule has 160 valence electrons. The van der Waals surface area contributed by atoms with Crippen LogP contribution in [0.2, 0.25) is 0 Å². The lowest BCUT2D eigenvalue weighted by molar-refractivity contribution is -0.140. The van der Waals surface area contributed by atoms with Crippen LogP contribution in [0.3, 0.4) is 0 Å². The normalized spacial score (nSPS) is 21.5. The first-order valence-electron chi connectivity index (χ1n) is 11.0. The predicted molar refractivity (Wildman–Crippen MR) is 112 cm³/mol. The molecule has 0 saturated carbocycles. The highest BCUT2D eigenvalue weighted by Crippen LogP contribution is 2.40. The van der Waals surface area contributed by atoms with Crippen LogP contribution in [0.4, 0.5) is 17.6 Å². The van der Waals surface area contributed by atoms with Crippen molar-refractivity contribution < 1.29 is 17.6 Å². The minimum Gasteiger partial charge on any atom is -0.206 e. The number of fused-ring (bicyclic) bond motifs is 3. The molecule has 2 aliphatic rings. The summed E-state index contributed by atoms with van der Waals surface area (Å²) in [7, 11) is 0. The number of alkyl halides is 3. The van der Waals surface area contributed by atoms with E-state index in [1.165, 1.54) is 41.2 Å². The van der Waals surface area contributed by atoms with Crippen molar-refractivity contribution >= 4 is 0 Å². The maximum absolute atomic E-state index is 14.0. The second kappa shape index (κ2) is 8.56. The largest absolute Gasteiger partial charge is 0.419 e. The third-order valence-electron chi connectivity index (χ3n) is 6.72. The average Bonchev–Trinajstić information content (AvgIpc) is 2.72. The number of allylic oxidation sites excluding steroid dienone is 2. The van der Waals surface area contributed by atoms with Crippen molar-refractivity contribution in [2.24, 2.45) is 5.92 Å². The monoisotopic (exact) mass is 416 g/mol. The lowest BCUT2D eigenvalue weighted by Gasteiger charge is -2.31. The van der Waals surface area contributed by atoms with Crippen LogP contribution < -0.4 is 0 Å². The number of unbranched alkanes of at least 4 members (excludes halogenated alkanes) is 1. The Bertz CT molecular complexity index is 939. The molecule has 0 N–H and O–H groups in total.